The number of aryl methyl sites for hydroxylation is 1. The van der Waals surface area contributed by atoms with Crippen molar-refractivity contribution in [2.45, 2.75) is 25.7 Å². The molecule has 3 rings (SSSR count). The summed E-state index contributed by atoms with van der Waals surface area (Å²) in [6.07, 6.45) is 3.27. The van der Waals surface area contributed by atoms with Gasteiger partial charge < -0.3 is 10.2 Å². The molecular formula is C16H17ClN4O2S. The predicted molar refractivity (Wildman–Crippen MR) is 93.3 cm³/mol. The number of amides is 2. The molecular weight excluding hydrogens is 348 g/mol. The van der Waals surface area contributed by atoms with Crippen LogP contribution in [0.1, 0.15) is 29.5 Å². The topological polar surface area (TPSA) is 75.2 Å². The van der Waals surface area contributed by atoms with Gasteiger partial charge in [-0.25, -0.2) is 9.97 Å². The smallest absolute Gasteiger partial charge is 0.313 e. The van der Waals surface area contributed by atoms with Crippen molar-refractivity contribution < 1.29 is 9.59 Å². The van der Waals surface area contributed by atoms with Crippen molar-refractivity contribution in [3.8, 4) is 0 Å². The number of piperidine rings is 1. The molecule has 0 radical (unpaired) electrons. The number of halogens is 1. The molecule has 1 aliphatic heterocycles. The molecule has 0 aliphatic carbocycles. The van der Waals surface area contributed by atoms with E-state index in [0.29, 0.717) is 23.9 Å². The zero-order valence-electron chi connectivity index (χ0n) is 13.2. The van der Waals surface area contributed by atoms with Crippen LogP contribution in [0.2, 0.25) is 5.15 Å². The van der Waals surface area contributed by atoms with Gasteiger partial charge in [-0.05, 0) is 31.9 Å². The maximum atomic E-state index is 12.4. The van der Waals surface area contributed by atoms with E-state index in [4.69, 9.17) is 11.6 Å². The monoisotopic (exact) mass is 364 g/mol. The van der Waals surface area contributed by atoms with Crippen LogP contribution in [0.5, 0.6) is 0 Å². The molecule has 24 heavy (non-hydrogen) atoms. The van der Waals surface area contributed by atoms with Gasteiger partial charge >= 0.3 is 11.8 Å². The first kappa shape index (κ1) is 16.9. The Bertz CT molecular complexity index is 747. The second-order valence-electron chi connectivity index (χ2n) is 5.74. The Morgan fingerprint density at radius 2 is 2.25 bits per heavy atom. The lowest BCUT2D eigenvalue weighted by Crippen LogP contribution is -2.44. The molecule has 2 aromatic rings. The van der Waals surface area contributed by atoms with Gasteiger partial charge in [0.05, 0.1) is 16.9 Å². The van der Waals surface area contributed by atoms with Crippen molar-refractivity contribution in [2.24, 2.45) is 0 Å². The van der Waals surface area contributed by atoms with Gasteiger partial charge in [-0.2, -0.15) is 0 Å². The minimum Gasteiger partial charge on any atom is -0.334 e. The van der Waals surface area contributed by atoms with E-state index < -0.39 is 11.8 Å². The van der Waals surface area contributed by atoms with Gasteiger partial charge in [0.1, 0.15) is 5.15 Å². The number of nitrogens with one attached hydrogen (secondary N) is 1. The first-order valence-electron chi connectivity index (χ1n) is 7.67. The molecule has 0 bridgehead atoms. The Morgan fingerprint density at radius 1 is 1.42 bits per heavy atom. The largest absolute Gasteiger partial charge is 0.334 e. The van der Waals surface area contributed by atoms with Crippen molar-refractivity contribution in [3.05, 3.63) is 39.6 Å². The van der Waals surface area contributed by atoms with Crippen LogP contribution in [0.25, 0.3) is 0 Å². The summed E-state index contributed by atoms with van der Waals surface area (Å²) in [6, 6.07) is 3.17. The second kappa shape index (κ2) is 7.27. The number of rotatable bonds is 2. The summed E-state index contributed by atoms with van der Waals surface area (Å²) in [5.41, 5.74) is 1.44. The number of likely N-dealkylation sites (tertiary alicyclic amines) is 1. The zero-order chi connectivity index (χ0) is 17.1. The molecule has 2 aromatic heterocycles. The molecule has 126 valence electrons. The number of pyridine rings is 1. The normalized spacial score (nSPS) is 17.6. The summed E-state index contributed by atoms with van der Waals surface area (Å²) < 4.78 is 0. The number of aromatic nitrogens is 2. The number of hydrogen-bond acceptors (Lipinski definition) is 5. The molecule has 0 spiro atoms. The van der Waals surface area contributed by atoms with Gasteiger partial charge in [-0.15, -0.1) is 11.3 Å². The van der Waals surface area contributed by atoms with E-state index in [1.54, 1.807) is 28.4 Å². The fraction of sp³-hybridized carbons (Fsp3) is 0.375. The van der Waals surface area contributed by atoms with E-state index in [1.165, 1.54) is 6.20 Å². The fourth-order valence-electron chi connectivity index (χ4n) is 2.70. The highest BCUT2D eigenvalue weighted by molar-refractivity contribution is 7.09. The highest BCUT2D eigenvalue weighted by atomic mass is 35.5. The van der Waals surface area contributed by atoms with Crippen molar-refractivity contribution in [1.82, 2.24) is 14.9 Å². The number of carbonyl (C=O) groups is 2. The molecule has 0 saturated carbocycles. The Kier molecular flexibility index (Phi) is 5.11. The third-order valence-corrected chi connectivity index (χ3v) is 5.22. The molecule has 0 unspecified atom stereocenters. The van der Waals surface area contributed by atoms with E-state index in [1.807, 2.05) is 12.3 Å². The maximum absolute atomic E-state index is 12.4. The number of nitrogens with zero attached hydrogens (tertiary/aromatic N) is 3. The van der Waals surface area contributed by atoms with Gasteiger partial charge in [0.25, 0.3) is 0 Å². The summed E-state index contributed by atoms with van der Waals surface area (Å²) in [5.74, 6) is -0.982. The molecule has 1 saturated heterocycles. The lowest BCUT2D eigenvalue weighted by Gasteiger charge is -2.31. The minimum atomic E-state index is -0.657. The molecule has 3 heterocycles. The van der Waals surface area contributed by atoms with Crippen LogP contribution in [-0.4, -0.2) is 39.8 Å². The van der Waals surface area contributed by atoms with Gasteiger partial charge in [0, 0.05) is 30.1 Å². The summed E-state index contributed by atoms with van der Waals surface area (Å²) in [6.45, 7) is 3.07. The van der Waals surface area contributed by atoms with Crippen LogP contribution >= 0.6 is 22.9 Å². The van der Waals surface area contributed by atoms with E-state index in [9.17, 15) is 9.59 Å². The molecule has 0 aromatic carbocycles. The van der Waals surface area contributed by atoms with Crippen LogP contribution < -0.4 is 5.32 Å². The summed E-state index contributed by atoms with van der Waals surface area (Å²) in [5, 5.41) is 5.94. The fourth-order valence-corrected chi connectivity index (χ4v) is 3.74. The maximum Gasteiger partial charge on any atom is 0.313 e. The molecule has 1 aliphatic rings. The highest BCUT2D eigenvalue weighted by Gasteiger charge is 2.29. The Labute approximate surface area is 148 Å². The summed E-state index contributed by atoms with van der Waals surface area (Å²) in [7, 11) is 0. The Morgan fingerprint density at radius 3 is 2.92 bits per heavy atom. The molecule has 1 atom stereocenters. The Balaban J connectivity index is 1.63. The van der Waals surface area contributed by atoms with E-state index in [2.05, 4.69) is 15.3 Å². The van der Waals surface area contributed by atoms with Gasteiger partial charge in [0.2, 0.25) is 0 Å². The van der Waals surface area contributed by atoms with Crippen LogP contribution in [0, 0.1) is 6.92 Å². The number of hydrogen-bond donors (Lipinski definition) is 1. The third kappa shape index (κ3) is 3.91. The third-order valence-electron chi connectivity index (χ3n) is 3.87. The second-order valence-corrected chi connectivity index (χ2v) is 7.02. The van der Waals surface area contributed by atoms with Crippen molar-refractivity contribution in [2.75, 3.05) is 18.4 Å². The number of anilines is 1. The van der Waals surface area contributed by atoms with Crippen molar-refractivity contribution >= 4 is 40.4 Å². The van der Waals surface area contributed by atoms with E-state index in [-0.39, 0.29) is 5.92 Å². The summed E-state index contributed by atoms with van der Waals surface area (Å²) in [4.78, 5) is 34.6. The van der Waals surface area contributed by atoms with Crippen molar-refractivity contribution in [1.29, 1.82) is 0 Å². The predicted octanol–water partition coefficient (Wildman–Crippen LogP) is 2.84. The Hall–Kier alpha value is -1.99. The SMILES string of the molecule is Cc1csc([C@H]2CCCN(C(=O)C(=O)Nc3ccc(Cl)nc3)C2)n1. The minimum absolute atomic E-state index is 0.200. The van der Waals surface area contributed by atoms with Gasteiger partial charge in [-0.3, -0.25) is 9.59 Å². The highest BCUT2D eigenvalue weighted by Crippen LogP contribution is 2.29. The van der Waals surface area contributed by atoms with E-state index in [0.717, 1.165) is 23.5 Å². The average molecular weight is 365 g/mol. The van der Waals surface area contributed by atoms with Gasteiger partial charge in [0.15, 0.2) is 0 Å². The number of carbonyl (C=O) groups excluding carboxylic acids is 2. The molecule has 1 fully saturated rings. The van der Waals surface area contributed by atoms with Gasteiger partial charge in [-0.1, -0.05) is 11.6 Å². The zero-order valence-corrected chi connectivity index (χ0v) is 14.7. The molecule has 6 nitrogen and oxygen atoms in total. The van der Waals surface area contributed by atoms with Crippen LogP contribution in [0.3, 0.4) is 0 Å². The summed E-state index contributed by atoms with van der Waals surface area (Å²) >= 11 is 7.32. The molecule has 2 amide bonds. The molecule has 8 heteroatoms. The molecule has 1 N–H and O–H groups in total. The van der Waals surface area contributed by atoms with Crippen LogP contribution in [0.4, 0.5) is 5.69 Å². The van der Waals surface area contributed by atoms with Crippen LogP contribution in [0.15, 0.2) is 23.7 Å². The van der Waals surface area contributed by atoms with Crippen molar-refractivity contribution in [3.63, 3.8) is 0 Å². The standard InChI is InChI=1S/C16H17ClN4O2S/c1-10-9-24-15(19-10)11-3-2-6-21(8-11)16(23)14(22)20-12-4-5-13(17)18-7-12/h4-5,7,9,11H,2-3,6,8H2,1H3,(H,20,22)/t11-/m0/s1. The average Bonchev–Trinajstić information content (AvgIpc) is 3.03. The quantitative estimate of drug-likeness (QED) is 0.656. The lowest BCUT2D eigenvalue weighted by molar-refractivity contribution is -0.144. The number of thiazole rings is 1. The van der Waals surface area contributed by atoms with Crippen LogP contribution in [-0.2, 0) is 9.59 Å². The van der Waals surface area contributed by atoms with E-state index >= 15 is 0 Å². The first-order chi connectivity index (χ1) is 11.5. The first-order valence-corrected chi connectivity index (χ1v) is 8.92. The lowest BCUT2D eigenvalue weighted by atomic mass is 9.98.